The number of nitrogens with two attached hydrogens (primary N) is 1. The molecule has 0 bridgehead atoms. The fourth-order valence-electron chi connectivity index (χ4n) is 4.11. The van der Waals surface area contributed by atoms with Gasteiger partial charge in [0.25, 0.3) is 0 Å². The lowest BCUT2D eigenvalue weighted by Crippen LogP contribution is -2.23. The summed E-state index contributed by atoms with van der Waals surface area (Å²) >= 11 is 1.56. The fourth-order valence-corrected chi connectivity index (χ4v) is 4.98. The van der Waals surface area contributed by atoms with Gasteiger partial charge in [-0.15, -0.1) is 11.3 Å². The van der Waals surface area contributed by atoms with Crippen LogP contribution in [0.1, 0.15) is 52.0 Å². The van der Waals surface area contributed by atoms with Crippen LogP contribution in [0.4, 0.5) is 5.69 Å². The molecule has 0 saturated carbocycles. The maximum atomic E-state index is 13.8. The van der Waals surface area contributed by atoms with Crippen LogP contribution in [0.25, 0.3) is 12.2 Å². The van der Waals surface area contributed by atoms with Gasteiger partial charge in [-0.3, -0.25) is 9.69 Å². The summed E-state index contributed by atoms with van der Waals surface area (Å²) in [7, 11) is 1.34. The minimum atomic E-state index is -0.487. The average molecular weight is 488 g/mol. The molecule has 0 aliphatic carbocycles. The number of Topliss-reactive ketones (excluding diaryl/α,β-unsaturated/α-hetero) is 1. The van der Waals surface area contributed by atoms with E-state index in [2.05, 4.69) is 23.7 Å². The van der Waals surface area contributed by atoms with E-state index in [-0.39, 0.29) is 5.78 Å². The molecule has 35 heavy (non-hydrogen) atoms. The van der Waals surface area contributed by atoms with E-state index in [0.29, 0.717) is 53.5 Å². The van der Waals surface area contributed by atoms with Crippen molar-refractivity contribution >= 4 is 40.9 Å². The van der Waals surface area contributed by atoms with E-state index in [0.717, 1.165) is 16.3 Å². The number of thiazole rings is 1. The van der Waals surface area contributed by atoms with Gasteiger partial charge >= 0.3 is 5.97 Å². The van der Waals surface area contributed by atoms with Crippen molar-refractivity contribution in [1.82, 2.24) is 9.88 Å². The van der Waals surface area contributed by atoms with E-state index in [1.54, 1.807) is 17.4 Å². The Labute approximate surface area is 209 Å². The second-order valence-electron chi connectivity index (χ2n) is 8.82. The number of ketones is 1. The molecule has 0 fully saturated rings. The number of hydrogen-bond acceptors (Lipinski definition) is 7. The molecule has 4 rings (SSSR count). The number of carbonyl (C=O) groups is 2. The number of esters is 1. The first kappa shape index (κ1) is 24.6. The van der Waals surface area contributed by atoms with Crippen molar-refractivity contribution in [2.45, 2.75) is 26.3 Å². The highest BCUT2D eigenvalue weighted by Gasteiger charge is 2.33. The Balaban J connectivity index is 1.64. The third-order valence-corrected chi connectivity index (χ3v) is 6.80. The second kappa shape index (κ2) is 10.8. The first-order valence-electron chi connectivity index (χ1n) is 11.5. The topological polar surface area (TPSA) is 85.5 Å². The Morgan fingerprint density at radius 3 is 2.51 bits per heavy atom. The lowest BCUT2D eigenvalue weighted by Gasteiger charge is -2.16. The van der Waals surface area contributed by atoms with Crippen molar-refractivity contribution in [3.63, 3.8) is 0 Å². The summed E-state index contributed by atoms with van der Waals surface area (Å²) in [5.74, 6) is -0.386. The molecule has 6 nitrogen and oxygen atoms in total. The van der Waals surface area contributed by atoms with Crippen LogP contribution in [0, 0.1) is 0 Å². The molecular formula is C28H29N3O3S. The largest absolute Gasteiger partial charge is 0.466 e. The molecule has 0 saturated heterocycles. The highest BCUT2D eigenvalue weighted by Crippen LogP contribution is 2.29. The number of ether oxygens (including phenoxy) is 1. The molecule has 1 aliphatic rings. The zero-order chi connectivity index (χ0) is 24.9. The van der Waals surface area contributed by atoms with Crippen LogP contribution in [0.15, 0.2) is 65.1 Å². The Kier molecular flexibility index (Phi) is 7.58. The van der Waals surface area contributed by atoms with Gasteiger partial charge in [-0.05, 0) is 29.2 Å². The van der Waals surface area contributed by atoms with Gasteiger partial charge in [-0.25, -0.2) is 9.78 Å². The standard InChI is InChI=1S/C28H29N3O3S/c1-18(2)24-17-35-25(30-24)13-12-20-10-7-11-23(29)26(20)27(32)21-15-31(16-22(21)28(33)34-3)14-19-8-5-4-6-9-19/h4-13,17-18H,14-16,29H2,1-3H3/b13-12+. The first-order chi connectivity index (χ1) is 16.9. The van der Waals surface area contributed by atoms with E-state index in [1.165, 1.54) is 7.11 Å². The second-order valence-corrected chi connectivity index (χ2v) is 9.71. The molecule has 0 atom stereocenters. The fraction of sp³-hybridized carbons (Fsp3) is 0.250. The molecule has 0 radical (unpaired) electrons. The highest BCUT2D eigenvalue weighted by molar-refractivity contribution is 7.10. The summed E-state index contributed by atoms with van der Waals surface area (Å²) < 4.78 is 5.01. The van der Waals surface area contributed by atoms with Crippen LogP contribution in [0.3, 0.4) is 0 Å². The number of rotatable bonds is 8. The SMILES string of the molecule is COC(=O)C1=C(C(=O)c2c(N)cccc2/C=C/c2nc(C(C)C)cs2)CN(Cc2ccccc2)C1. The van der Waals surface area contributed by atoms with Crippen LogP contribution in [0.5, 0.6) is 0 Å². The van der Waals surface area contributed by atoms with E-state index in [1.807, 2.05) is 60.0 Å². The maximum Gasteiger partial charge on any atom is 0.335 e. The van der Waals surface area contributed by atoms with Gasteiger partial charge in [-0.2, -0.15) is 0 Å². The van der Waals surface area contributed by atoms with Crippen molar-refractivity contribution in [2.24, 2.45) is 0 Å². The van der Waals surface area contributed by atoms with Crippen LogP contribution >= 0.6 is 11.3 Å². The molecule has 0 unspecified atom stereocenters. The van der Waals surface area contributed by atoms with Crippen molar-refractivity contribution < 1.29 is 14.3 Å². The normalized spacial score (nSPS) is 14.3. The predicted octanol–water partition coefficient (Wildman–Crippen LogP) is 5.19. The van der Waals surface area contributed by atoms with Crippen molar-refractivity contribution in [1.29, 1.82) is 0 Å². The number of anilines is 1. The van der Waals surface area contributed by atoms with E-state index in [9.17, 15) is 9.59 Å². The van der Waals surface area contributed by atoms with Crippen LogP contribution in [0.2, 0.25) is 0 Å². The zero-order valence-corrected chi connectivity index (χ0v) is 21.0. The third kappa shape index (κ3) is 5.58. The molecule has 2 aromatic carbocycles. The number of methoxy groups -OCH3 is 1. The molecule has 2 heterocycles. The van der Waals surface area contributed by atoms with Crippen molar-refractivity contribution in [3.05, 3.63) is 92.4 Å². The third-order valence-electron chi connectivity index (χ3n) is 5.98. The van der Waals surface area contributed by atoms with Crippen LogP contribution in [-0.4, -0.2) is 41.8 Å². The first-order valence-corrected chi connectivity index (χ1v) is 12.4. The molecule has 2 N–H and O–H groups in total. The quantitative estimate of drug-likeness (QED) is 0.267. The molecule has 0 amide bonds. The summed E-state index contributed by atoms with van der Waals surface area (Å²) in [6.07, 6.45) is 3.76. The Hall–Kier alpha value is -3.55. The smallest absolute Gasteiger partial charge is 0.335 e. The number of carbonyl (C=O) groups excluding carboxylic acids is 2. The molecular weight excluding hydrogens is 458 g/mol. The number of nitrogens with zero attached hydrogens (tertiary/aromatic N) is 2. The minimum absolute atomic E-state index is 0.249. The number of hydrogen-bond donors (Lipinski definition) is 1. The van der Waals surface area contributed by atoms with E-state index >= 15 is 0 Å². The highest BCUT2D eigenvalue weighted by atomic mass is 32.1. The summed E-state index contributed by atoms with van der Waals surface area (Å²) in [5, 5.41) is 2.90. The molecule has 3 aromatic rings. The molecule has 1 aliphatic heterocycles. The predicted molar refractivity (Wildman–Crippen MR) is 141 cm³/mol. The lowest BCUT2D eigenvalue weighted by molar-refractivity contribution is -0.136. The Morgan fingerprint density at radius 2 is 1.83 bits per heavy atom. The molecule has 7 heteroatoms. The summed E-state index contributed by atoms with van der Waals surface area (Å²) in [6, 6.07) is 15.3. The number of nitrogen functional groups attached to an aromatic ring is 1. The van der Waals surface area contributed by atoms with Gasteiger partial charge in [0.05, 0.1) is 23.9 Å². The van der Waals surface area contributed by atoms with Gasteiger partial charge in [0.2, 0.25) is 0 Å². The molecule has 1 aromatic heterocycles. The van der Waals surface area contributed by atoms with Gasteiger partial charge < -0.3 is 10.5 Å². The number of aromatic nitrogens is 1. The molecule has 180 valence electrons. The van der Waals surface area contributed by atoms with E-state index < -0.39 is 5.97 Å². The van der Waals surface area contributed by atoms with E-state index in [4.69, 9.17) is 10.5 Å². The van der Waals surface area contributed by atoms with Gasteiger partial charge in [-0.1, -0.05) is 62.4 Å². The van der Waals surface area contributed by atoms with Crippen LogP contribution in [-0.2, 0) is 16.1 Å². The number of benzene rings is 2. The van der Waals surface area contributed by atoms with Crippen molar-refractivity contribution in [3.8, 4) is 0 Å². The van der Waals surface area contributed by atoms with Gasteiger partial charge in [0.1, 0.15) is 5.01 Å². The Morgan fingerprint density at radius 1 is 1.09 bits per heavy atom. The summed E-state index contributed by atoms with van der Waals surface area (Å²) in [5.41, 5.74) is 10.7. The summed E-state index contributed by atoms with van der Waals surface area (Å²) in [6.45, 7) is 5.52. The maximum absolute atomic E-state index is 13.8. The Bertz CT molecular complexity index is 1290. The van der Waals surface area contributed by atoms with Gasteiger partial charge in [0.15, 0.2) is 5.78 Å². The molecule has 0 spiro atoms. The van der Waals surface area contributed by atoms with Gasteiger partial charge in [0, 0.05) is 36.3 Å². The lowest BCUT2D eigenvalue weighted by atomic mass is 9.94. The van der Waals surface area contributed by atoms with Crippen LogP contribution < -0.4 is 5.73 Å². The summed E-state index contributed by atoms with van der Waals surface area (Å²) in [4.78, 5) is 33.1. The average Bonchev–Trinajstić information content (AvgIpc) is 3.50. The zero-order valence-electron chi connectivity index (χ0n) is 20.2. The van der Waals surface area contributed by atoms with Crippen molar-refractivity contribution in [2.75, 3.05) is 25.9 Å². The minimum Gasteiger partial charge on any atom is -0.466 e. The monoisotopic (exact) mass is 487 g/mol.